The minimum atomic E-state index is 0.133. The van der Waals surface area contributed by atoms with Crippen molar-refractivity contribution in [1.82, 2.24) is 5.32 Å². The molecule has 1 heterocycles. The summed E-state index contributed by atoms with van der Waals surface area (Å²) in [5.74, 6) is 4.72. The molecule has 1 unspecified atom stereocenters. The maximum absolute atomic E-state index is 5.51. The lowest BCUT2D eigenvalue weighted by Crippen LogP contribution is -2.28. The van der Waals surface area contributed by atoms with Gasteiger partial charge in [-0.2, -0.15) is 0 Å². The van der Waals surface area contributed by atoms with Gasteiger partial charge in [-0.25, -0.2) is 0 Å². The molecule has 0 aliphatic carbocycles. The van der Waals surface area contributed by atoms with Gasteiger partial charge < -0.3 is 14.8 Å². The topological polar surface area (TPSA) is 30.5 Å². The zero-order valence-corrected chi connectivity index (χ0v) is 15.6. The molecule has 0 amide bonds. The molecule has 5 heteroatoms. The van der Waals surface area contributed by atoms with Crippen molar-refractivity contribution in [1.29, 1.82) is 0 Å². The van der Waals surface area contributed by atoms with Gasteiger partial charge in [0.1, 0.15) is 0 Å². The van der Waals surface area contributed by atoms with Crippen LogP contribution in [0.4, 0.5) is 0 Å². The number of thioether (sulfide) groups is 2. The highest BCUT2D eigenvalue weighted by atomic mass is 32.2. The van der Waals surface area contributed by atoms with Crippen LogP contribution in [0.1, 0.15) is 25.3 Å². The molecule has 3 nitrogen and oxygen atoms in total. The number of hydrogen-bond acceptors (Lipinski definition) is 5. The third-order valence-electron chi connectivity index (χ3n) is 3.95. The summed E-state index contributed by atoms with van der Waals surface area (Å²) in [6, 6.07) is 6.41. The first kappa shape index (κ1) is 17.8. The SMILES string of the molecule is CNCC(C)CC1(c2ccc(OC)c(OC)c2)SCCCS1. The van der Waals surface area contributed by atoms with Crippen molar-refractivity contribution in [2.45, 2.75) is 23.8 Å². The summed E-state index contributed by atoms with van der Waals surface area (Å²) in [4.78, 5) is 0. The first-order valence-electron chi connectivity index (χ1n) is 7.80. The van der Waals surface area contributed by atoms with Gasteiger partial charge in [0.25, 0.3) is 0 Å². The van der Waals surface area contributed by atoms with E-state index in [1.807, 2.05) is 13.1 Å². The lowest BCUT2D eigenvalue weighted by Gasteiger charge is -2.38. The van der Waals surface area contributed by atoms with E-state index in [0.717, 1.165) is 18.0 Å². The molecular weight excluding hydrogens is 314 g/mol. The Labute approximate surface area is 142 Å². The van der Waals surface area contributed by atoms with E-state index < -0.39 is 0 Å². The van der Waals surface area contributed by atoms with Gasteiger partial charge in [0.2, 0.25) is 0 Å². The molecule has 1 aromatic rings. The van der Waals surface area contributed by atoms with Crippen molar-refractivity contribution in [3.05, 3.63) is 23.8 Å². The Bertz CT molecular complexity index is 476. The molecule has 22 heavy (non-hydrogen) atoms. The van der Waals surface area contributed by atoms with Gasteiger partial charge in [0.05, 0.1) is 18.3 Å². The number of ether oxygens (including phenoxy) is 2. The van der Waals surface area contributed by atoms with Crippen molar-refractivity contribution < 1.29 is 9.47 Å². The van der Waals surface area contributed by atoms with Crippen LogP contribution in [0, 0.1) is 5.92 Å². The van der Waals surface area contributed by atoms with Gasteiger partial charge in [-0.1, -0.05) is 13.0 Å². The first-order chi connectivity index (χ1) is 10.6. The fourth-order valence-corrected chi connectivity index (χ4v) is 6.57. The quantitative estimate of drug-likeness (QED) is 0.811. The van der Waals surface area contributed by atoms with Crippen LogP contribution in [0.2, 0.25) is 0 Å². The highest BCUT2D eigenvalue weighted by molar-refractivity contribution is 8.18. The maximum atomic E-state index is 5.51. The van der Waals surface area contributed by atoms with Crippen molar-refractivity contribution in [2.24, 2.45) is 5.92 Å². The largest absolute Gasteiger partial charge is 0.493 e. The van der Waals surface area contributed by atoms with Gasteiger partial charge in [-0.15, -0.1) is 23.5 Å². The number of methoxy groups -OCH3 is 2. The lowest BCUT2D eigenvalue weighted by atomic mass is 9.99. The second kappa shape index (κ2) is 8.37. The molecular formula is C17H27NO2S2. The fraction of sp³-hybridized carbons (Fsp3) is 0.647. The van der Waals surface area contributed by atoms with Crippen LogP contribution in [0.25, 0.3) is 0 Å². The van der Waals surface area contributed by atoms with Gasteiger partial charge in [-0.3, -0.25) is 0 Å². The Balaban J connectivity index is 2.32. The summed E-state index contributed by atoms with van der Waals surface area (Å²) in [5, 5.41) is 3.30. The summed E-state index contributed by atoms with van der Waals surface area (Å²) >= 11 is 4.18. The van der Waals surface area contributed by atoms with Crippen molar-refractivity contribution >= 4 is 23.5 Å². The fourth-order valence-electron chi connectivity index (χ4n) is 2.93. The minimum absolute atomic E-state index is 0.133. The smallest absolute Gasteiger partial charge is 0.161 e. The molecule has 1 atom stereocenters. The van der Waals surface area contributed by atoms with Gasteiger partial charge in [0, 0.05) is 0 Å². The Kier molecular flexibility index (Phi) is 6.78. The summed E-state index contributed by atoms with van der Waals surface area (Å²) in [6.07, 6.45) is 2.46. The Morgan fingerprint density at radius 3 is 2.45 bits per heavy atom. The summed E-state index contributed by atoms with van der Waals surface area (Å²) in [5.41, 5.74) is 1.35. The molecule has 1 fully saturated rings. The van der Waals surface area contributed by atoms with Gasteiger partial charge in [-0.05, 0) is 61.6 Å². The van der Waals surface area contributed by atoms with Crippen LogP contribution in [-0.4, -0.2) is 39.3 Å². The third kappa shape index (κ3) is 4.06. The predicted molar refractivity (Wildman–Crippen MR) is 98.5 cm³/mol. The van der Waals surface area contributed by atoms with Crippen molar-refractivity contribution in [2.75, 3.05) is 39.3 Å². The lowest BCUT2D eigenvalue weighted by molar-refractivity contribution is 0.354. The molecule has 0 radical (unpaired) electrons. The van der Waals surface area contributed by atoms with Crippen LogP contribution in [0.5, 0.6) is 11.5 Å². The molecule has 1 N–H and O–H groups in total. The standard InChI is InChI=1S/C17H27NO2S2/c1-13(12-18-2)11-17(21-8-5-9-22-17)14-6-7-15(19-3)16(10-14)20-4/h6-7,10,13,18H,5,8-9,11-12H2,1-4H3. The summed E-state index contributed by atoms with van der Waals surface area (Å²) < 4.78 is 11.0. The molecule has 0 spiro atoms. The van der Waals surface area contributed by atoms with E-state index in [9.17, 15) is 0 Å². The Hall–Kier alpha value is -0.520. The molecule has 1 saturated heterocycles. The highest BCUT2D eigenvalue weighted by Crippen LogP contribution is 2.55. The van der Waals surface area contributed by atoms with Gasteiger partial charge >= 0.3 is 0 Å². The molecule has 0 bridgehead atoms. The molecule has 0 aromatic heterocycles. The van der Waals surface area contributed by atoms with E-state index in [0.29, 0.717) is 5.92 Å². The Morgan fingerprint density at radius 2 is 1.86 bits per heavy atom. The predicted octanol–water partition coefficient (Wildman–Crippen LogP) is 3.97. The molecule has 2 rings (SSSR count). The van der Waals surface area contributed by atoms with Crippen LogP contribution in [-0.2, 0) is 4.08 Å². The molecule has 124 valence electrons. The maximum Gasteiger partial charge on any atom is 0.161 e. The summed E-state index contributed by atoms with van der Waals surface area (Å²) in [6.45, 7) is 3.38. The number of hydrogen-bond donors (Lipinski definition) is 1. The van der Waals surface area contributed by atoms with E-state index in [-0.39, 0.29) is 4.08 Å². The molecule has 1 aliphatic rings. The molecule has 0 saturated carbocycles. The normalized spacial score (nSPS) is 18.7. The monoisotopic (exact) mass is 341 g/mol. The van der Waals surface area contributed by atoms with Crippen molar-refractivity contribution in [3.8, 4) is 11.5 Å². The van der Waals surface area contributed by atoms with Gasteiger partial charge in [0.15, 0.2) is 11.5 Å². The van der Waals surface area contributed by atoms with E-state index in [1.165, 1.54) is 29.9 Å². The second-order valence-corrected chi connectivity index (χ2v) is 8.79. The number of nitrogens with one attached hydrogen (secondary N) is 1. The van der Waals surface area contributed by atoms with E-state index in [4.69, 9.17) is 9.47 Å². The van der Waals surface area contributed by atoms with E-state index in [1.54, 1.807) is 14.2 Å². The second-order valence-electron chi connectivity index (χ2n) is 5.74. The zero-order valence-electron chi connectivity index (χ0n) is 14.0. The Morgan fingerprint density at radius 1 is 1.18 bits per heavy atom. The average Bonchev–Trinajstić information content (AvgIpc) is 2.55. The first-order valence-corrected chi connectivity index (χ1v) is 9.77. The van der Waals surface area contributed by atoms with E-state index >= 15 is 0 Å². The van der Waals surface area contributed by atoms with Crippen LogP contribution < -0.4 is 14.8 Å². The van der Waals surface area contributed by atoms with Crippen LogP contribution in [0.3, 0.4) is 0 Å². The molecule has 1 aliphatic heterocycles. The summed E-state index contributed by atoms with van der Waals surface area (Å²) in [7, 11) is 5.42. The average molecular weight is 342 g/mol. The minimum Gasteiger partial charge on any atom is -0.493 e. The van der Waals surface area contributed by atoms with Crippen molar-refractivity contribution in [3.63, 3.8) is 0 Å². The number of benzene rings is 1. The highest BCUT2D eigenvalue weighted by Gasteiger charge is 2.37. The third-order valence-corrected chi connectivity index (χ3v) is 7.38. The van der Waals surface area contributed by atoms with E-state index in [2.05, 4.69) is 47.9 Å². The van der Waals surface area contributed by atoms with Crippen LogP contribution >= 0.6 is 23.5 Å². The number of rotatable bonds is 7. The zero-order chi connectivity index (χ0) is 16.0. The van der Waals surface area contributed by atoms with Crippen LogP contribution in [0.15, 0.2) is 18.2 Å². The molecule has 1 aromatic carbocycles.